The molecule has 0 aliphatic heterocycles. The summed E-state index contributed by atoms with van der Waals surface area (Å²) in [6, 6.07) is 13.4. The van der Waals surface area contributed by atoms with E-state index >= 15 is 0 Å². The van der Waals surface area contributed by atoms with Crippen LogP contribution in [-0.4, -0.2) is 6.54 Å². The van der Waals surface area contributed by atoms with Crippen molar-refractivity contribution in [2.45, 2.75) is 23.1 Å². The lowest BCUT2D eigenvalue weighted by atomic mass is 10.1. The summed E-state index contributed by atoms with van der Waals surface area (Å²) >= 11 is 1.44. The Morgan fingerprint density at radius 3 is 2.44 bits per heavy atom. The molecule has 0 aliphatic rings. The zero-order chi connectivity index (χ0) is 13.0. The Labute approximate surface area is 111 Å². The van der Waals surface area contributed by atoms with Crippen molar-refractivity contribution >= 4 is 11.8 Å². The lowest BCUT2D eigenvalue weighted by Crippen LogP contribution is -2.02. The van der Waals surface area contributed by atoms with E-state index in [0.717, 1.165) is 10.5 Å². The summed E-state index contributed by atoms with van der Waals surface area (Å²) in [7, 11) is 0. The first-order chi connectivity index (χ1) is 8.69. The molecule has 2 rings (SSSR count). The number of rotatable bonds is 4. The van der Waals surface area contributed by atoms with Gasteiger partial charge in [0, 0.05) is 9.79 Å². The van der Waals surface area contributed by atoms with Crippen LogP contribution in [0.15, 0.2) is 52.3 Å². The van der Waals surface area contributed by atoms with Gasteiger partial charge in [-0.1, -0.05) is 35.5 Å². The highest BCUT2D eigenvalue weighted by Gasteiger charge is 2.05. The second kappa shape index (κ2) is 6.03. The van der Waals surface area contributed by atoms with Crippen molar-refractivity contribution in [1.82, 2.24) is 0 Å². The molecule has 1 nitrogen and oxygen atoms in total. The number of hydrogen-bond donors (Lipinski definition) is 1. The topological polar surface area (TPSA) is 26.0 Å². The third-order valence-corrected chi connectivity index (χ3v) is 3.74. The third-order valence-electron chi connectivity index (χ3n) is 2.68. The van der Waals surface area contributed by atoms with Gasteiger partial charge in [-0.25, -0.2) is 4.39 Å². The fraction of sp³-hybridized carbons (Fsp3) is 0.200. The quantitative estimate of drug-likeness (QED) is 0.906. The van der Waals surface area contributed by atoms with Gasteiger partial charge in [-0.15, -0.1) is 0 Å². The Hall–Kier alpha value is -1.32. The second-order valence-corrected chi connectivity index (χ2v) is 5.33. The van der Waals surface area contributed by atoms with Gasteiger partial charge in [0.05, 0.1) is 0 Å². The predicted octanol–water partition coefficient (Wildman–Crippen LogP) is 3.79. The van der Waals surface area contributed by atoms with E-state index in [1.807, 2.05) is 43.3 Å². The van der Waals surface area contributed by atoms with Gasteiger partial charge in [-0.05, 0) is 49.7 Å². The predicted molar refractivity (Wildman–Crippen MR) is 74.5 cm³/mol. The smallest absolute Gasteiger partial charge is 0.137 e. The number of benzene rings is 2. The first-order valence-electron chi connectivity index (χ1n) is 5.92. The summed E-state index contributed by atoms with van der Waals surface area (Å²) in [6.07, 6.45) is 0.715. The monoisotopic (exact) mass is 261 g/mol. The largest absolute Gasteiger partial charge is 0.330 e. The summed E-state index contributed by atoms with van der Waals surface area (Å²) in [5.74, 6) is -0.175. The molecule has 0 saturated heterocycles. The molecule has 0 bridgehead atoms. The molecule has 2 N–H and O–H groups in total. The number of hydrogen-bond acceptors (Lipinski definition) is 2. The Morgan fingerprint density at radius 1 is 1.11 bits per heavy atom. The van der Waals surface area contributed by atoms with Crippen molar-refractivity contribution < 1.29 is 4.39 Å². The molecule has 0 aliphatic carbocycles. The molecule has 2 aromatic rings. The number of halogens is 1. The minimum absolute atomic E-state index is 0.175. The van der Waals surface area contributed by atoms with Gasteiger partial charge in [0.15, 0.2) is 0 Å². The molecule has 0 heterocycles. The molecule has 0 amide bonds. The van der Waals surface area contributed by atoms with Gasteiger partial charge in [-0.2, -0.15) is 0 Å². The molecule has 0 atom stereocenters. The minimum Gasteiger partial charge on any atom is -0.330 e. The molecule has 0 radical (unpaired) electrons. The normalized spacial score (nSPS) is 10.6. The Bertz CT molecular complexity index is 523. The highest BCUT2D eigenvalue weighted by atomic mass is 32.2. The maximum absolute atomic E-state index is 13.9. The summed E-state index contributed by atoms with van der Waals surface area (Å²) in [6.45, 7) is 2.58. The molecule has 94 valence electrons. The van der Waals surface area contributed by atoms with Gasteiger partial charge in [0.1, 0.15) is 5.82 Å². The molecule has 18 heavy (non-hydrogen) atoms. The van der Waals surface area contributed by atoms with Gasteiger partial charge in [0.2, 0.25) is 0 Å². The molecule has 0 aromatic heterocycles. The molecule has 0 spiro atoms. The fourth-order valence-electron chi connectivity index (χ4n) is 1.68. The summed E-state index contributed by atoms with van der Waals surface area (Å²) in [5.41, 5.74) is 7.61. The molecule has 0 saturated carbocycles. The molecular formula is C15H16FNS. The highest BCUT2D eigenvalue weighted by molar-refractivity contribution is 7.99. The lowest BCUT2D eigenvalue weighted by molar-refractivity contribution is 0.599. The number of aryl methyl sites for hydroxylation is 1. The maximum Gasteiger partial charge on any atom is 0.137 e. The molecule has 0 unspecified atom stereocenters. The van der Waals surface area contributed by atoms with E-state index in [0.29, 0.717) is 17.9 Å². The van der Waals surface area contributed by atoms with Gasteiger partial charge >= 0.3 is 0 Å². The van der Waals surface area contributed by atoms with Gasteiger partial charge in [0.25, 0.3) is 0 Å². The summed E-state index contributed by atoms with van der Waals surface area (Å²) in [5, 5.41) is 0. The van der Waals surface area contributed by atoms with Crippen LogP contribution in [0.1, 0.15) is 11.1 Å². The van der Waals surface area contributed by atoms with Crippen LogP contribution in [0.4, 0.5) is 4.39 Å². The maximum atomic E-state index is 13.9. The first kappa shape index (κ1) is 13.1. The van der Waals surface area contributed by atoms with Crippen molar-refractivity contribution in [2.24, 2.45) is 5.73 Å². The van der Waals surface area contributed by atoms with Crippen LogP contribution in [0.3, 0.4) is 0 Å². The standard InChI is InChI=1S/C15H16FNS/c1-11-2-5-13(6-3-11)18-15-7-4-12(8-9-17)10-14(15)16/h2-7,10H,8-9,17H2,1H3. The zero-order valence-corrected chi connectivity index (χ0v) is 11.1. The Balaban J connectivity index is 2.16. The van der Waals surface area contributed by atoms with E-state index in [4.69, 9.17) is 5.73 Å². The van der Waals surface area contributed by atoms with E-state index < -0.39 is 0 Å². The SMILES string of the molecule is Cc1ccc(Sc2ccc(CCN)cc2F)cc1. The summed E-state index contributed by atoms with van der Waals surface area (Å²) in [4.78, 5) is 1.70. The van der Waals surface area contributed by atoms with Crippen LogP contribution in [0.25, 0.3) is 0 Å². The molecule has 2 aromatic carbocycles. The Kier molecular flexibility index (Phi) is 4.39. The lowest BCUT2D eigenvalue weighted by Gasteiger charge is -2.06. The van der Waals surface area contributed by atoms with E-state index in [1.165, 1.54) is 17.3 Å². The average molecular weight is 261 g/mol. The van der Waals surface area contributed by atoms with Gasteiger partial charge in [-0.3, -0.25) is 0 Å². The number of nitrogens with two attached hydrogens (primary N) is 1. The fourth-order valence-corrected chi connectivity index (χ4v) is 2.50. The van der Waals surface area contributed by atoms with E-state index in [9.17, 15) is 4.39 Å². The Morgan fingerprint density at radius 2 is 1.83 bits per heavy atom. The molecule has 0 fully saturated rings. The van der Waals surface area contributed by atoms with Crippen LogP contribution >= 0.6 is 11.8 Å². The van der Waals surface area contributed by atoms with Crippen LogP contribution in [0, 0.1) is 12.7 Å². The third kappa shape index (κ3) is 3.34. The van der Waals surface area contributed by atoms with Crippen LogP contribution in [0.5, 0.6) is 0 Å². The van der Waals surface area contributed by atoms with E-state index in [-0.39, 0.29) is 5.82 Å². The van der Waals surface area contributed by atoms with Crippen LogP contribution in [-0.2, 0) is 6.42 Å². The van der Waals surface area contributed by atoms with Crippen molar-refractivity contribution in [3.05, 3.63) is 59.4 Å². The molecular weight excluding hydrogens is 245 g/mol. The van der Waals surface area contributed by atoms with E-state index in [1.54, 1.807) is 6.07 Å². The highest BCUT2D eigenvalue weighted by Crippen LogP contribution is 2.30. The van der Waals surface area contributed by atoms with Crippen LogP contribution < -0.4 is 5.73 Å². The molecule has 3 heteroatoms. The first-order valence-corrected chi connectivity index (χ1v) is 6.73. The second-order valence-electron chi connectivity index (χ2n) is 4.22. The average Bonchev–Trinajstić information content (AvgIpc) is 2.36. The van der Waals surface area contributed by atoms with Crippen molar-refractivity contribution in [2.75, 3.05) is 6.54 Å². The van der Waals surface area contributed by atoms with Crippen LogP contribution in [0.2, 0.25) is 0 Å². The zero-order valence-electron chi connectivity index (χ0n) is 10.3. The summed E-state index contributed by atoms with van der Waals surface area (Å²) < 4.78 is 13.9. The van der Waals surface area contributed by atoms with E-state index in [2.05, 4.69) is 0 Å². The van der Waals surface area contributed by atoms with Crippen molar-refractivity contribution in [3.8, 4) is 0 Å². The van der Waals surface area contributed by atoms with Crippen molar-refractivity contribution in [3.63, 3.8) is 0 Å². The minimum atomic E-state index is -0.175. The van der Waals surface area contributed by atoms with Crippen molar-refractivity contribution in [1.29, 1.82) is 0 Å². The van der Waals surface area contributed by atoms with Gasteiger partial charge < -0.3 is 5.73 Å².